The van der Waals surface area contributed by atoms with Gasteiger partial charge in [-0.3, -0.25) is 4.79 Å². The Kier molecular flexibility index (Phi) is 6.60. The first-order chi connectivity index (χ1) is 11.2. The van der Waals surface area contributed by atoms with Crippen molar-refractivity contribution in [2.45, 2.75) is 6.42 Å². The number of hydrogen-bond donors (Lipinski definition) is 0. The molecule has 0 radical (unpaired) electrons. The summed E-state index contributed by atoms with van der Waals surface area (Å²) in [6.45, 7) is 0.0923. The highest BCUT2D eigenvalue weighted by Gasteiger charge is 2.05. The second kappa shape index (κ2) is 9.20. The van der Waals surface area contributed by atoms with E-state index in [-0.39, 0.29) is 25.6 Å². The van der Waals surface area contributed by atoms with Crippen LogP contribution in [0.3, 0.4) is 0 Å². The molecule has 118 valence electrons. The first kappa shape index (κ1) is 16.5. The molecule has 0 fully saturated rings. The van der Waals surface area contributed by atoms with Gasteiger partial charge in [0, 0.05) is 6.08 Å². The maximum Gasteiger partial charge on any atom is 0.330 e. The Morgan fingerprint density at radius 3 is 2.13 bits per heavy atom. The summed E-state index contributed by atoms with van der Waals surface area (Å²) in [5.74, 6) is -0.806. The molecule has 0 aliphatic rings. The molecule has 4 heteroatoms. The van der Waals surface area contributed by atoms with Crippen molar-refractivity contribution in [3.63, 3.8) is 0 Å². The van der Waals surface area contributed by atoms with Gasteiger partial charge < -0.3 is 9.47 Å². The molecule has 0 bridgehead atoms. The predicted octanol–water partition coefficient (Wildman–Crippen LogP) is 3.03. The lowest BCUT2D eigenvalue weighted by Gasteiger charge is -2.05. The topological polar surface area (TPSA) is 52.6 Å². The minimum absolute atomic E-state index is 0.0402. The van der Waals surface area contributed by atoms with Gasteiger partial charge in [0.05, 0.1) is 6.42 Å². The minimum Gasteiger partial charge on any atom is -0.462 e. The van der Waals surface area contributed by atoms with Gasteiger partial charge in [0.25, 0.3) is 0 Å². The Balaban J connectivity index is 1.62. The van der Waals surface area contributed by atoms with Gasteiger partial charge in [0.15, 0.2) is 0 Å². The molecule has 0 saturated heterocycles. The fraction of sp³-hybridized carbons (Fsp3) is 0.158. The Hall–Kier alpha value is -2.88. The molecular weight excluding hydrogens is 292 g/mol. The molecule has 0 aromatic heterocycles. The number of ether oxygens (including phenoxy) is 2. The number of esters is 2. The van der Waals surface area contributed by atoms with E-state index in [0.29, 0.717) is 0 Å². The van der Waals surface area contributed by atoms with Crippen LogP contribution in [0.2, 0.25) is 0 Å². The molecule has 0 saturated carbocycles. The van der Waals surface area contributed by atoms with Crippen LogP contribution < -0.4 is 0 Å². The summed E-state index contributed by atoms with van der Waals surface area (Å²) in [4.78, 5) is 23.1. The average Bonchev–Trinajstić information content (AvgIpc) is 2.59. The second-order valence-electron chi connectivity index (χ2n) is 4.79. The van der Waals surface area contributed by atoms with Crippen molar-refractivity contribution in [3.05, 3.63) is 77.9 Å². The standard InChI is InChI=1S/C19H18O4/c20-18(12-11-16-7-3-1-4-8-16)22-13-14-23-19(21)15-17-9-5-2-6-10-17/h1-12H,13-15H2. The van der Waals surface area contributed by atoms with Crippen LogP contribution >= 0.6 is 0 Å². The molecule has 0 unspecified atom stereocenters. The first-order valence-electron chi connectivity index (χ1n) is 7.33. The number of rotatable bonds is 7. The molecule has 0 heterocycles. The zero-order valence-electron chi connectivity index (χ0n) is 12.7. The molecule has 0 N–H and O–H groups in total. The summed E-state index contributed by atoms with van der Waals surface area (Å²) in [5, 5.41) is 0. The third kappa shape index (κ3) is 6.61. The number of hydrogen-bond acceptors (Lipinski definition) is 4. The number of carbonyl (C=O) groups is 2. The molecular formula is C19H18O4. The maximum absolute atomic E-state index is 11.6. The molecule has 23 heavy (non-hydrogen) atoms. The number of carbonyl (C=O) groups excluding carboxylic acids is 2. The van der Waals surface area contributed by atoms with Crippen molar-refractivity contribution >= 4 is 18.0 Å². The van der Waals surface area contributed by atoms with Crippen molar-refractivity contribution in [2.75, 3.05) is 13.2 Å². The summed E-state index contributed by atoms with van der Waals surface area (Å²) in [6, 6.07) is 18.8. The highest BCUT2D eigenvalue weighted by molar-refractivity contribution is 5.87. The van der Waals surface area contributed by atoms with Crippen molar-refractivity contribution in [1.29, 1.82) is 0 Å². The first-order valence-corrected chi connectivity index (χ1v) is 7.33. The van der Waals surface area contributed by atoms with E-state index in [1.807, 2.05) is 60.7 Å². The van der Waals surface area contributed by atoms with E-state index in [0.717, 1.165) is 11.1 Å². The number of benzene rings is 2. The maximum atomic E-state index is 11.6. The van der Waals surface area contributed by atoms with Gasteiger partial charge in [-0.05, 0) is 17.2 Å². The molecule has 0 amide bonds. The van der Waals surface area contributed by atoms with Gasteiger partial charge in [0.2, 0.25) is 0 Å². The van der Waals surface area contributed by atoms with Crippen LogP contribution in [-0.4, -0.2) is 25.2 Å². The molecule has 2 rings (SSSR count). The van der Waals surface area contributed by atoms with Gasteiger partial charge in [0.1, 0.15) is 13.2 Å². The van der Waals surface area contributed by atoms with Crippen molar-refractivity contribution < 1.29 is 19.1 Å². The smallest absolute Gasteiger partial charge is 0.330 e. The molecule has 0 atom stereocenters. The Morgan fingerprint density at radius 2 is 1.43 bits per heavy atom. The minimum atomic E-state index is -0.465. The van der Waals surface area contributed by atoms with E-state index in [2.05, 4.69) is 0 Å². The van der Waals surface area contributed by atoms with Crippen molar-refractivity contribution in [1.82, 2.24) is 0 Å². The molecule has 2 aromatic carbocycles. The highest BCUT2D eigenvalue weighted by atomic mass is 16.6. The third-order valence-corrected chi connectivity index (χ3v) is 2.99. The molecule has 4 nitrogen and oxygen atoms in total. The van der Waals surface area contributed by atoms with Crippen LogP contribution in [0.1, 0.15) is 11.1 Å². The molecule has 2 aromatic rings. The van der Waals surface area contributed by atoms with Gasteiger partial charge in [-0.15, -0.1) is 0 Å². The molecule has 0 spiro atoms. The van der Waals surface area contributed by atoms with Gasteiger partial charge in [-0.25, -0.2) is 4.79 Å². The zero-order chi connectivity index (χ0) is 16.3. The van der Waals surface area contributed by atoms with Crippen LogP contribution in [-0.2, 0) is 25.5 Å². The van der Waals surface area contributed by atoms with E-state index in [1.54, 1.807) is 6.08 Å². The highest BCUT2D eigenvalue weighted by Crippen LogP contribution is 2.02. The largest absolute Gasteiger partial charge is 0.462 e. The summed E-state index contributed by atoms with van der Waals surface area (Å²) >= 11 is 0. The van der Waals surface area contributed by atoms with Crippen LogP contribution in [0, 0.1) is 0 Å². The lowest BCUT2D eigenvalue weighted by Crippen LogP contribution is -2.14. The Bertz CT molecular complexity index is 648. The average molecular weight is 310 g/mol. The van der Waals surface area contributed by atoms with Gasteiger partial charge in [-0.2, -0.15) is 0 Å². The van der Waals surface area contributed by atoms with Gasteiger partial charge >= 0.3 is 11.9 Å². The van der Waals surface area contributed by atoms with Crippen LogP contribution in [0.25, 0.3) is 6.08 Å². The van der Waals surface area contributed by atoms with Crippen molar-refractivity contribution in [2.24, 2.45) is 0 Å². The summed E-state index contributed by atoms with van der Waals surface area (Å²) in [5.41, 5.74) is 1.80. The van der Waals surface area contributed by atoms with Crippen molar-refractivity contribution in [3.8, 4) is 0 Å². The quantitative estimate of drug-likeness (QED) is 0.448. The zero-order valence-corrected chi connectivity index (χ0v) is 12.7. The molecule has 0 aliphatic heterocycles. The summed E-state index contributed by atoms with van der Waals surface area (Å²) in [6.07, 6.45) is 3.23. The predicted molar refractivity (Wildman–Crippen MR) is 87.5 cm³/mol. The van der Waals surface area contributed by atoms with E-state index in [9.17, 15) is 9.59 Å². The third-order valence-electron chi connectivity index (χ3n) is 2.99. The Labute approximate surface area is 135 Å². The Morgan fingerprint density at radius 1 is 0.826 bits per heavy atom. The van der Waals surface area contributed by atoms with Crippen LogP contribution in [0.5, 0.6) is 0 Å². The van der Waals surface area contributed by atoms with Crippen LogP contribution in [0.15, 0.2) is 66.7 Å². The normalized spacial score (nSPS) is 10.4. The second-order valence-corrected chi connectivity index (χ2v) is 4.79. The van der Waals surface area contributed by atoms with Gasteiger partial charge in [-0.1, -0.05) is 60.7 Å². The van der Waals surface area contributed by atoms with Crippen LogP contribution in [0.4, 0.5) is 0 Å². The lowest BCUT2D eigenvalue weighted by molar-refractivity contribution is -0.149. The molecule has 0 aliphatic carbocycles. The summed E-state index contributed by atoms with van der Waals surface area (Å²) in [7, 11) is 0. The lowest BCUT2D eigenvalue weighted by atomic mass is 10.2. The van der Waals surface area contributed by atoms with E-state index in [4.69, 9.17) is 9.47 Å². The van der Waals surface area contributed by atoms with E-state index < -0.39 is 5.97 Å². The van der Waals surface area contributed by atoms with E-state index >= 15 is 0 Å². The monoisotopic (exact) mass is 310 g/mol. The van der Waals surface area contributed by atoms with E-state index in [1.165, 1.54) is 6.08 Å². The SMILES string of the molecule is O=C(C=Cc1ccccc1)OCCOC(=O)Cc1ccccc1. The fourth-order valence-electron chi connectivity index (χ4n) is 1.89. The summed E-state index contributed by atoms with van der Waals surface area (Å²) < 4.78 is 9.98. The fourth-order valence-corrected chi connectivity index (χ4v) is 1.89.